The maximum atomic E-state index is 13.2. The first-order valence-corrected chi connectivity index (χ1v) is 27.8. The first kappa shape index (κ1) is 51.5. The number of likely N-dealkylation sites (tertiary alicyclic amines) is 4. The van der Waals surface area contributed by atoms with Crippen molar-refractivity contribution in [1.29, 1.82) is 0 Å². The molecule has 4 N–H and O–H groups in total. The number of amides is 6. The van der Waals surface area contributed by atoms with Crippen LogP contribution in [0.2, 0.25) is 10.0 Å². The molecule has 4 aromatic rings. The Balaban J connectivity index is 0.000000176. The molecule has 378 valence electrons. The minimum Gasteiger partial charge on any atom is -0.618 e. The molecule has 13 nitrogen and oxygen atoms in total. The van der Waals surface area contributed by atoms with Crippen LogP contribution < -0.4 is 16.2 Å². The number of carbonyl (C=O) groups is 4. The summed E-state index contributed by atoms with van der Waals surface area (Å²) in [5.74, 6) is 1.99. The lowest BCUT2D eigenvalue weighted by Crippen LogP contribution is -2.44. The summed E-state index contributed by atoms with van der Waals surface area (Å²) in [5, 5.41) is 14.7. The van der Waals surface area contributed by atoms with E-state index in [1.807, 2.05) is 34.2 Å². The highest BCUT2D eigenvalue weighted by molar-refractivity contribution is 9.10. The molecule has 17 heteroatoms. The third kappa shape index (κ3) is 12.0. The number of nitrogens with zero attached hydrogens (tertiary/aromatic N) is 6. The van der Waals surface area contributed by atoms with E-state index in [0.717, 1.165) is 125 Å². The molecule has 4 aliphatic heterocycles. The van der Waals surface area contributed by atoms with Crippen molar-refractivity contribution in [2.75, 3.05) is 52.4 Å². The van der Waals surface area contributed by atoms with E-state index in [1.165, 1.54) is 33.5 Å². The third-order valence-corrected chi connectivity index (χ3v) is 17.7. The van der Waals surface area contributed by atoms with Crippen molar-refractivity contribution in [2.45, 2.75) is 102 Å². The predicted octanol–water partition coefficient (Wildman–Crippen LogP) is 9.53. The molecule has 0 spiro atoms. The van der Waals surface area contributed by atoms with E-state index in [-0.39, 0.29) is 41.6 Å². The smallest absolute Gasteiger partial charge is 0.314 e. The van der Waals surface area contributed by atoms with Crippen LogP contribution in [0.25, 0.3) is 0 Å². The standard InChI is InChI=1S/C27H32BrClN4O3.C27H32BrClN4O2/c28-21-14-20-2-1-19-15-22(29)3-4-23(19)25(26(20)33(36)16-21)18-7-11-31(12-8-18)24(34)13-17-5-9-32(10-6-17)27(30)35;28-21-14-20-2-1-19-15-22(29)3-4-23(19)25(26(20)31-16-21)18-7-11-32(12-8-18)24(34)13-17-5-9-33(10-6-17)27(30)35/h3-4,14-18,25H,1-2,5-13H2,(H2,30,35);3-4,14-18,25H,1-2,5-13H2,(H2,30,35)/t2*25-/m11/s1. The van der Waals surface area contributed by atoms with Gasteiger partial charge in [0.25, 0.3) is 0 Å². The van der Waals surface area contributed by atoms with Gasteiger partial charge in [0, 0.05) is 97.4 Å². The zero-order valence-corrected chi connectivity index (χ0v) is 44.9. The lowest BCUT2D eigenvalue weighted by molar-refractivity contribution is -0.616. The van der Waals surface area contributed by atoms with Crippen LogP contribution in [0.4, 0.5) is 9.59 Å². The monoisotopic (exact) mass is 1130 g/mol. The van der Waals surface area contributed by atoms with Crippen molar-refractivity contribution in [3.8, 4) is 0 Å². The number of primary amides is 2. The SMILES string of the molecule is NC(=O)N1CCC(CC(=O)N2CCC([C@@H]3c4ccc(Cl)cc4CCc4cc(Br)c[n+]([O-])c43)CC2)CC1.NC(=O)N1CCC(CC(=O)N2CCC([C@@H]3c4ccc(Cl)cc4CCc4cc(Br)cnc43)CC2)CC1. The van der Waals surface area contributed by atoms with Gasteiger partial charge in [0.1, 0.15) is 0 Å². The highest BCUT2D eigenvalue weighted by atomic mass is 79.9. The van der Waals surface area contributed by atoms with Crippen LogP contribution in [0.15, 0.2) is 69.9 Å². The molecule has 0 radical (unpaired) electrons. The van der Waals surface area contributed by atoms with Gasteiger partial charge in [0.2, 0.25) is 17.5 Å². The van der Waals surface area contributed by atoms with Gasteiger partial charge in [-0.25, -0.2) is 9.59 Å². The number of carbonyl (C=O) groups excluding carboxylic acids is 4. The fourth-order valence-corrected chi connectivity index (χ4v) is 13.7. The Hall–Kier alpha value is -4.44. The molecular weight excluding hydrogens is 1070 g/mol. The Morgan fingerprint density at radius 1 is 0.577 bits per heavy atom. The largest absolute Gasteiger partial charge is 0.618 e. The van der Waals surface area contributed by atoms with E-state index in [2.05, 4.69) is 62.2 Å². The Bertz CT molecular complexity index is 2570. The quantitative estimate of drug-likeness (QED) is 0.144. The average molecular weight is 1140 g/mol. The fraction of sp³-hybridized carbons (Fsp3) is 0.519. The first-order chi connectivity index (χ1) is 34.2. The fourth-order valence-electron chi connectivity index (χ4n) is 12.5. The van der Waals surface area contributed by atoms with Crippen LogP contribution in [-0.2, 0) is 35.3 Å². The lowest BCUT2D eigenvalue weighted by atomic mass is 9.76. The van der Waals surface area contributed by atoms with Gasteiger partial charge in [-0.05, 0) is 197 Å². The predicted molar refractivity (Wildman–Crippen MR) is 282 cm³/mol. The molecule has 4 saturated heterocycles. The molecule has 2 aromatic heterocycles. The zero-order chi connectivity index (χ0) is 49.9. The number of benzene rings is 2. The first-order valence-electron chi connectivity index (χ1n) is 25.5. The number of hydrogen-bond acceptors (Lipinski definition) is 6. The molecule has 2 aromatic carbocycles. The minimum absolute atomic E-state index is 0.0178. The van der Waals surface area contributed by atoms with Crippen LogP contribution >= 0.6 is 55.1 Å². The molecular formula is C54H64Br2Cl2N8O5. The Labute approximate surface area is 443 Å². The molecule has 0 unspecified atom stereocenters. The topological polar surface area (TPSA) is 173 Å². The van der Waals surface area contributed by atoms with Crippen molar-refractivity contribution in [2.24, 2.45) is 35.1 Å². The van der Waals surface area contributed by atoms with Crippen molar-refractivity contribution in [3.63, 3.8) is 0 Å². The van der Waals surface area contributed by atoms with E-state index >= 15 is 0 Å². The highest BCUT2D eigenvalue weighted by Crippen LogP contribution is 2.45. The van der Waals surface area contributed by atoms with Gasteiger partial charge < -0.3 is 36.3 Å². The van der Waals surface area contributed by atoms with E-state index in [0.29, 0.717) is 69.9 Å². The van der Waals surface area contributed by atoms with Gasteiger partial charge in [-0.15, -0.1) is 0 Å². The number of aryl methyl sites for hydroxylation is 4. The van der Waals surface area contributed by atoms with Crippen LogP contribution in [0, 0.1) is 28.9 Å². The molecule has 0 bridgehead atoms. The van der Waals surface area contributed by atoms with Crippen LogP contribution in [0.5, 0.6) is 0 Å². The molecule has 4 fully saturated rings. The molecule has 10 rings (SSSR count). The van der Waals surface area contributed by atoms with E-state index in [9.17, 15) is 24.4 Å². The van der Waals surface area contributed by atoms with Crippen molar-refractivity contribution in [1.82, 2.24) is 24.6 Å². The summed E-state index contributed by atoms with van der Waals surface area (Å²) in [6.07, 6.45) is 15.2. The second-order valence-corrected chi connectivity index (χ2v) is 23.3. The molecule has 71 heavy (non-hydrogen) atoms. The van der Waals surface area contributed by atoms with E-state index in [4.69, 9.17) is 39.7 Å². The van der Waals surface area contributed by atoms with Gasteiger partial charge in [0.15, 0.2) is 6.20 Å². The third-order valence-electron chi connectivity index (χ3n) is 16.4. The van der Waals surface area contributed by atoms with Crippen molar-refractivity contribution >= 4 is 78.9 Å². The average Bonchev–Trinajstić information content (AvgIpc) is 3.62. The highest BCUT2D eigenvalue weighted by Gasteiger charge is 2.40. The van der Waals surface area contributed by atoms with Gasteiger partial charge >= 0.3 is 12.1 Å². The number of halogens is 4. The maximum absolute atomic E-state index is 13.2. The minimum atomic E-state index is -0.377. The Kier molecular flexibility index (Phi) is 16.5. The summed E-state index contributed by atoms with van der Waals surface area (Å²) >= 11 is 19.8. The zero-order valence-electron chi connectivity index (χ0n) is 40.2. The Morgan fingerprint density at radius 2 is 1.00 bits per heavy atom. The number of piperidine rings is 4. The molecule has 0 saturated carbocycles. The number of fused-ring (bicyclic) bond motifs is 4. The normalized spacial score (nSPS) is 21.1. The molecule has 6 heterocycles. The second kappa shape index (κ2) is 22.8. The van der Waals surface area contributed by atoms with Gasteiger partial charge in [-0.3, -0.25) is 14.6 Å². The summed E-state index contributed by atoms with van der Waals surface area (Å²) < 4.78 is 2.85. The number of pyridine rings is 2. The summed E-state index contributed by atoms with van der Waals surface area (Å²) in [6, 6.07) is 15.9. The van der Waals surface area contributed by atoms with Crippen LogP contribution in [0.1, 0.15) is 121 Å². The van der Waals surface area contributed by atoms with Gasteiger partial charge in [0.05, 0.1) is 16.1 Å². The summed E-state index contributed by atoms with van der Waals surface area (Å²) in [7, 11) is 0. The number of hydrogen-bond donors (Lipinski definition) is 2. The van der Waals surface area contributed by atoms with Crippen LogP contribution in [0.3, 0.4) is 0 Å². The summed E-state index contributed by atoms with van der Waals surface area (Å²) in [4.78, 5) is 61.2. The van der Waals surface area contributed by atoms with Gasteiger partial charge in [-0.2, -0.15) is 4.73 Å². The van der Waals surface area contributed by atoms with Crippen LogP contribution in [-0.4, -0.2) is 101 Å². The number of nitrogens with two attached hydrogens (primary N) is 2. The van der Waals surface area contributed by atoms with Gasteiger partial charge in [-0.1, -0.05) is 35.3 Å². The molecule has 6 aliphatic rings. The summed E-state index contributed by atoms with van der Waals surface area (Å²) in [5.41, 5.74) is 20.2. The molecule has 6 amide bonds. The Morgan fingerprint density at radius 3 is 1.49 bits per heavy atom. The number of urea groups is 2. The van der Waals surface area contributed by atoms with Crippen molar-refractivity contribution in [3.05, 3.63) is 130 Å². The maximum Gasteiger partial charge on any atom is 0.314 e. The van der Waals surface area contributed by atoms with Crippen molar-refractivity contribution < 1.29 is 23.9 Å². The second-order valence-electron chi connectivity index (χ2n) is 20.6. The van der Waals surface area contributed by atoms with E-state index in [1.54, 1.807) is 16.0 Å². The molecule has 2 atom stereocenters. The molecule has 2 aliphatic carbocycles. The number of rotatable bonds is 6. The lowest BCUT2D eigenvalue weighted by Gasteiger charge is -2.38. The van der Waals surface area contributed by atoms with E-state index < -0.39 is 0 Å². The summed E-state index contributed by atoms with van der Waals surface area (Å²) in [6.45, 7) is 5.55. The number of aromatic nitrogens is 2.